The van der Waals surface area contributed by atoms with Gasteiger partial charge in [-0.2, -0.15) is 0 Å². The standard InChI is InChI=1S/C29H33FN4O2/c1-17-6-18(8-22(31)7-17)24-4-5-32-11-19(24)9-28(35)25-2-3-27(30)26-10-23(12-33-29(25)26)34-13-20-15-36-16-21(20)14-34/h2-5,10-12,17-18,20-22H,6-9,13-16,31H2,1H3/t17-,18+,20?,21?,22-/m0/s1. The van der Waals surface area contributed by atoms with Crippen LogP contribution in [-0.2, 0) is 11.2 Å². The van der Waals surface area contributed by atoms with Crippen LogP contribution in [0.25, 0.3) is 10.9 Å². The lowest BCUT2D eigenvalue weighted by Gasteiger charge is -2.32. The molecule has 2 unspecified atom stereocenters. The Bertz CT molecular complexity index is 1280. The van der Waals surface area contributed by atoms with Crippen LogP contribution in [0.15, 0.2) is 42.9 Å². The molecule has 0 radical (unpaired) electrons. The monoisotopic (exact) mass is 488 g/mol. The van der Waals surface area contributed by atoms with Gasteiger partial charge >= 0.3 is 0 Å². The van der Waals surface area contributed by atoms with Crippen LogP contribution in [0.4, 0.5) is 10.1 Å². The Morgan fingerprint density at radius 2 is 1.94 bits per heavy atom. The first-order chi connectivity index (χ1) is 17.5. The van der Waals surface area contributed by atoms with Crippen LogP contribution in [0.5, 0.6) is 0 Å². The minimum Gasteiger partial charge on any atom is -0.381 e. The van der Waals surface area contributed by atoms with E-state index in [1.807, 2.05) is 12.1 Å². The van der Waals surface area contributed by atoms with E-state index in [1.54, 1.807) is 24.7 Å². The summed E-state index contributed by atoms with van der Waals surface area (Å²) >= 11 is 0. The molecule has 1 saturated carbocycles. The van der Waals surface area contributed by atoms with Gasteiger partial charge in [-0.05, 0) is 66.5 Å². The first-order valence-electron chi connectivity index (χ1n) is 13.1. The summed E-state index contributed by atoms with van der Waals surface area (Å²) in [5, 5.41) is 0.394. The van der Waals surface area contributed by atoms with Gasteiger partial charge in [0.2, 0.25) is 0 Å². The van der Waals surface area contributed by atoms with Gasteiger partial charge in [-0.25, -0.2) is 4.39 Å². The molecule has 6 nitrogen and oxygen atoms in total. The average molecular weight is 489 g/mol. The van der Waals surface area contributed by atoms with Crippen LogP contribution in [-0.4, -0.2) is 48.1 Å². The average Bonchev–Trinajstić information content (AvgIpc) is 3.47. The summed E-state index contributed by atoms with van der Waals surface area (Å²) < 4.78 is 20.5. The zero-order chi connectivity index (χ0) is 24.8. The highest BCUT2D eigenvalue weighted by molar-refractivity contribution is 6.08. The zero-order valence-corrected chi connectivity index (χ0v) is 20.7. The fourth-order valence-corrected chi connectivity index (χ4v) is 6.63. The molecule has 3 fully saturated rings. The molecule has 2 aliphatic heterocycles. The highest BCUT2D eigenvalue weighted by atomic mass is 19.1. The Balaban J connectivity index is 1.28. The number of fused-ring (bicyclic) bond motifs is 2. The number of anilines is 1. The molecule has 4 heterocycles. The van der Waals surface area contributed by atoms with Gasteiger partial charge in [-0.3, -0.25) is 14.8 Å². The number of rotatable bonds is 5. The maximum Gasteiger partial charge on any atom is 0.169 e. The van der Waals surface area contributed by atoms with E-state index in [1.165, 1.54) is 6.07 Å². The molecule has 2 aromatic heterocycles. The molecule has 5 atom stereocenters. The van der Waals surface area contributed by atoms with E-state index in [-0.39, 0.29) is 24.1 Å². The van der Waals surface area contributed by atoms with Crippen molar-refractivity contribution in [3.05, 3.63) is 65.4 Å². The number of carbonyl (C=O) groups excluding carboxylic acids is 1. The number of benzene rings is 1. The van der Waals surface area contributed by atoms with Crippen LogP contribution >= 0.6 is 0 Å². The van der Waals surface area contributed by atoms with E-state index >= 15 is 0 Å². The molecule has 36 heavy (non-hydrogen) atoms. The summed E-state index contributed by atoms with van der Waals surface area (Å²) in [5.74, 6) is 1.49. The van der Waals surface area contributed by atoms with E-state index in [2.05, 4.69) is 21.8 Å². The number of halogens is 1. The SMILES string of the molecule is C[C@@H]1C[C@H](N)C[C@H](c2ccncc2CC(=O)c2ccc(F)c3cc(N4CC5COCC5C4)cnc23)C1. The molecule has 7 heteroatoms. The van der Waals surface area contributed by atoms with Crippen molar-refractivity contribution < 1.29 is 13.9 Å². The topological polar surface area (TPSA) is 81.3 Å². The number of hydrogen-bond acceptors (Lipinski definition) is 6. The van der Waals surface area contributed by atoms with Crippen molar-refractivity contribution >= 4 is 22.4 Å². The Kier molecular flexibility index (Phi) is 6.21. The number of nitrogens with two attached hydrogens (primary N) is 1. The summed E-state index contributed by atoms with van der Waals surface area (Å²) in [6.45, 7) is 5.61. The summed E-state index contributed by atoms with van der Waals surface area (Å²) in [5.41, 5.74) is 10.2. The number of hydrogen-bond donors (Lipinski definition) is 1. The van der Waals surface area contributed by atoms with Gasteiger partial charge in [-0.15, -0.1) is 0 Å². The summed E-state index contributed by atoms with van der Waals surface area (Å²) in [6.07, 6.45) is 8.60. The third-order valence-electron chi connectivity index (χ3n) is 8.40. The lowest BCUT2D eigenvalue weighted by molar-refractivity contribution is 0.0994. The number of aromatic nitrogens is 2. The van der Waals surface area contributed by atoms with Gasteiger partial charge in [-0.1, -0.05) is 6.92 Å². The van der Waals surface area contributed by atoms with Gasteiger partial charge in [0.05, 0.1) is 30.6 Å². The molecule has 3 aromatic rings. The van der Waals surface area contributed by atoms with E-state index in [4.69, 9.17) is 10.5 Å². The number of Topliss-reactive ketones (excluding diaryl/α,β-unsaturated/α-hetero) is 1. The van der Waals surface area contributed by atoms with Crippen molar-refractivity contribution in [2.75, 3.05) is 31.2 Å². The number of nitrogens with zero attached hydrogens (tertiary/aromatic N) is 3. The van der Waals surface area contributed by atoms with Gasteiger partial charge in [0.15, 0.2) is 5.78 Å². The molecule has 188 valence electrons. The van der Waals surface area contributed by atoms with Crippen LogP contribution in [0.2, 0.25) is 0 Å². The summed E-state index contributed by atoms with van der Waals surface area (Å²) in [7, 11) is 0. The molecule has 0 amide bonds. The molecule has 0 bridgehead atoms. The maximum absolute atomic E-state index is 14.9. The van der Waals surface area contributed by atoms with Crippen molar-refractivity contribution in [2.45, 2.75) is 44.6 Å². The lowest BCUT2D eigenvalue weighted by atomic mass is 9.75. The molecular formula is C29H33FN4O2. The van der Waals surface area contributed by atoms with Gasteiger partial charge in [0, 0.05) is 60.7 Å². The number of ketones is 1. The molecular weight excluding hydrogens is 455 g/mol. The van der Waals surface area contributed by atoms with Crippen molar-refractivity contribution in [1.29, 1.82) is 0 Å². The Morgan fingerprint density at radius 3 is 2.72 bits per heavy atom. The number of carbonyl (C=O) groups is 1. The third-order valence-corrected chi connectivity index (χ3v) is 8.40. The normalized spacial score (nSPS) is 28.0. The minimum atomic E-state index is -0.356. The highest BCUT2D eigenvalue weighted by Crippen LogP contribution is 2.38. The molecule has 3 aliphatic rings. The van der Waals surface area contributed by atoms with Crippen LogP contribution in [0.3, 0.4) is 0 Å². The molecule has 2 saturated heterocycles. The second-order valence-electron chi connectivity index (χ2n) is 11.1. The fourth-order valence-electron chi connectivity index (χ4n) is 6.63. The minimum absolute atomic E-state index is 0.0736. The van der Waals surface area contributed by atoms with Crippen LogP contribution < -0.4 is 10.6 Å². The zero-order valence-electron chi connectivity index (χ0n) is 20.7. The molecule has 1 aliphatic carbocycles. The van der Waals surface area contributed by atoms with Gasteiger partial charge in [0.1, 0.15) is 5.82 Å². The number of pyridine rings is 2. The molecule has 1 aromatic carbocycles. The van der Waals surface area contributed by atoms with E-state index in [9.17, 15) is 9.18 Å². The second kappa shape index (κ2) is 9.52. The predicted octanol–water partition coefficient (Wildman–Crippen LogP) is 4.51. The molecule has 0 spiro atoms. The lowest BCUT2D eigenvalue weighted by Crippen LogP contribution is -2.31. The van der Waals surface area contributed by atoms with E-state index in [0.717, 1.165) is 62.4 Å². The van der Waals surface area contributed by atoms with Gasteiger partial charge in [0.25, 0.3) is 0 Å². The first-order valence-corrected chi connectivity index (χ1v) is 13.1. The largest absolute Gasteiger partial charge is 0.381 e. The number of ether oxygens (including phenoxy) is 1. The van der Waals surface area contributed by atoms with Crippen LogP contribution in [0, 0.1) is 23.6 Å². The molecule has 6 rings (SSSR count). The highest BCUT2D eigenvalue weighted by Gasteiger charge is 2.37. The smallest absolute Gasteiger partial charge is 0.169 e. The summed E-state index contributed by atoms with van der Waals surface area (Å²) in [6, 6.07) is 7.01. The van der Waals surface area contributed by atoms with Crippen molar-refractivity contribution in [2.24, 2.45) is 23.5 Å². The van der Waals surface area contributed by atoms with Crippen molar-refractivity contribution in [1.82, 2.24) is 9.97 Å². The molecule has 2 N–H and O–H groups in total. The Labute approximate surface area is 211 Å². The quantitative estimate of drug-likeness (QED) is 0.533. The van der Waals surface area contributed by atoms with Crippen molar-refractivity contribution in [3.8, 4) is 0 Å². The van der Waals surface area contributed by atoms with E-state index in [0.29, 0.717) is 40.1 Å². The van der Waals surface area contributed by atoms with E-state index < -0.39 is 0 Å². The van der Waals surface area contributed by atoms with Gasteiger partial charge < -0.3 is 15.4 Å². The second-order valence-corrected chi connectivity index (χ2v) is 11.1. The summed E-state index contributed by atoms with van der Waals surface area (Å²) in [4.78, 5) is 24.7. The maximum atomic E-state index is 14.9. The Morgan fingerprint density at radius 1 is 1.14 bits per heavy atom. The fraction of sp³-hybridized carbons (Fsp3) is 0.483. The first kappa shape index (κ1) is 23.5. The van der Waals surface area contributed by atoms with Crippen LogP contribution in [0.1, 0.15) is 53.6 Å². The Hall–Kier alpha value is -2.90. The predicted molar refractivity (Wildman–Crippen MR) is 138 cm³/mol. The third kappa shape index (κ3) is 4.39. The van der Waals surface area contributed by atoms with Crippen molar-refractivity contribution in [3.63, 3.8) is 0 Å².